The Bertz CT molecular complexity index is 395. The highest BCUT2D eigenvalue weighted by Crippen LogP contribution is 2.48. The Morgan fingerprint density at radius 2 is 1.57 bits per heavy atom. The third-order valence-corrected chi connectivity index (χ3v) is 2.43. The van der Waals surface area contributed by atoms with Crippen molar-refractivity contribution >= 4 is 11.9 Å². The van der Waals surface area contributed by atoms with Crippen LogP contribution in [0.2, 0.25) is 0 Å². The number of halogens is 7. The molecular weight excluding hydrogens is 315 g/mol. The topological polar surface area (TPSA) is 66.4 Å². The van der Waals surface area contributed by atoms with Crippen LogP contribution >= 0.6 is 0 Å². The molecule has 4 nitrogen and oxygen atoms in total. The van der Waals surface area contributed by atoms with Gasteiger partial charge in [0, 0.05) is 25.8 Å². The summed E-state index contributed by atoms with van der Waals surface area (Å²) in [7, 11) is 0. The molecular formula is C10H12F7NO3. The minimum Gasteiger partial charge on any atom is -0.481 e. The smallest absolute Gasteiger partial charge is 0.459 e. The van der Waals surface area contributed by atoms with E-state index in [9.17, 15) is 40.3 Å². The van der Waals surface area contributed by atoms with E-state index >= 15 is 0 Å². The fourth-order valence-corrected chi connectivity index (χ4v) is 1.46. The maximum Gasteiger partial charge on any atom is 0.459 e. The highest BCUT2D eigenvalue weighted by atomic mass is 19.4. The Labute approximate surface area is 114 Å². The Kier molecular flexibility index (Phi) is 6.00. The average molecular weight is 327 g/mol. The Morgan fingerprint density at radius 1 is 1.10 bits per heavy atom. The molecule has 0 radical (unpaired) electrons. The first-order chi connectivity index (χ1) is 9.20. The molecule has 124 valence electrons. The summed E-state index contributed by atoms with van der Waals surface area (Å²) < 4.78 is 87.5. The molecule has 0 aromatic rings. The van der Waals surface area contributed by atoms with Gasteiger partial charge in [-0.1, -0.05) is 0 Å². The minimum absolute atomic E-state index is 0.710. The Hall–Kier alpha value is -1.55. The SMILES string of the molecule is CC(=O)NC(CCC(=O)O)CC(F)(F)C(F)(F)C(F)(F)F. The van der Waals surface area contributed by atoms with Crippen molar-refractivity contribution in [3.63, 3.8) is 0 Å². The normalized spacial score (nSPS) is 14.7. The summed E-state index contributed by atoms with van der Waals surface area (Å²) >= 11 is 0. The van der Waals surface area contributed by atoms with Crippen LogP contribution in [-0.4, -0.2) is 41.0 Å². The van der Waals surface area contributed by atoms with Crippen LogP contribution in [0.4, 0.5) is 30.7 Å². The molecule has 0 bridgehead atoms. The van der Waals surface area contributed by atoms with Crippen molar-refractivity contribution < 1.29 is 45.4 Å². The predicted octanol–water partition coefficient (Wildman–Crippen LogP) is 2.58. The van der Waals surface area contributed by atoms with Crippen LogP contribution in [0.25, 0.3) is 0 Å². The number of amides is 1. The first-order valence-electron chi connectivity index (χ1n) is 5.52. The fourth-order valence-electron chi connectivity index (χ4n) is 1.46. The second-order valence-electron chi connectivity index (χ2n) is 4.31. The number of carboxylic acids is 1. The van der Waals surface area contributed by atoms with E-state index in [2.05, 4.69) is 0 Å². The number of rotatable bonds is 7. The molecule has 1 unspecified atom stereocenters. The summed E-state index contributed by atoms with van der Waals surface area (Å²) in [5.41, 5.74) is 0. The van der Waals surface area contributed by atoms with Crippen LogP contribution in [0.3, 0.4) is 0 Å². The van der Waals surface area contributed by atoms with Gasteiger partial charge in [-0.3, -0.25) is 9.59 Å². The minimum atomic E-state index is -6.47. The molecule has 1 atom stereocenters. The number of hydrogen-bond donors (Lipinski definition) is 2. The third kappa shape index (κ3) is 5.38. The van der Waals surface area contributed by atoms with E-state index in [0.717, 1.165) is 6.92 Å². The predicted molar refractivity (Wildman–Crippen MR) is 55.0 cm³/mol. The van der Waals surface area contributed by atoms with E-state index < -0.39 is 55.2 Å². The maximum atomic E-state index is 13.2. The van der Waals surface area contributed by atoms with Crippen molar-refractivity contribution in [2.24, 2.45) is 0 Å². The molecule has 1 amide bonds. The first-order valence-corrected chi connectivity index (χ1v) is 5.52. The van der Waals surface area contributed by atoms with Gasteiger partial charge >= 0.3 is 24.0 Å². The molecule has 0 heterocycles. The van der Waals surface area contributed by atoms with Crippen LogP contribution in [0, 0.1) is 0 Å². The summed E-state index contributed by atoms with van der Waals surface area (Å²) in [4.78, 5) is 21.0. The summed E-state index contributed by atoms with van der Waals surface area (Å²) in [5.74, 6) is -14.2. The highest BCUT2D eigenvalue weighted by Gasteiger charge is 2.72. The van der Waals surface area contributed by atoms with Gasteiger partial charge in [0.15, 0.2) is 0 Å². The van der Waals surface area contributed by atoms with Crippen LogP contribution in [0.5, 0.6) is 0 Å². The summed E-state index contributed by atoms with van der Waals surface area (Å²) in [6.07, 6.45) is -9.99. The van der Waals surface area contributed by atoms with Gasteiger partial charge in [0.05, 0.1) is 0 Å². The molecule has 0 aliphatic rings. The number of nitrogens with one attached hydrogen (secondary N) is 1. The summed E-state index contributed by atoms with van der Waals surface area (Å²) in [6.45, 7) is 0.827. The molecule has 2 N–H and O–H groups in total. The standard InChI is InChI=1S/C10H12F7NO3/c1-5(19)18-6(2-3-7(20)21)4-8(11,12)9(13,14)10(15,16)17/h6H,2-4H2,1H3,(H,18,19)(H,20,21). The van der Waals surface area contributed by atoms with Crippen molar-refractivity contribution in [1.29, 1.82) is 0 Å². The van der Waals surface area contributed by atoms with Gasteiger partial charge in [-0.2, -0.15) is 30.7 Å². The van der Waals surface area contributed by atoms with Crippen molar-refractivity contribution in [3.05, 3.63) is 0 Å². The first kappa shape index (κ1) is 19.4. The molecule has 21 heavy (non-hydrogen) atoms. The third-order valence-electron chi connectivity index (χ3n) is 2.43. The molecule has 0 aromatic heterocycles. The van der Waals surface area contributed by atoms with Crippen molar-refractivity contribution in [1.82, 2.24) is 5.32 Å². The van der Waals surface area contributed by atoms with E-state index in [1.165, 1.54) is 0 Å². The van der Waals surface area contributed by atoms with Crippen LogP contribution in [-0.2, 0) is 9.59 Å². The number of carbonyl (C=O) groups is 2. The van der Waals surface area contributed by atoms with Crippen molar-refractivity contribution in [3.8, 4) is 0 Å². The molecule has 0 aromatic carbocycles. The van der Waals surface area contributed by atoms with Crippen LogP contribution < -0.4 is 5.32 Å². The lowest BCUT2D eigenvalue weighted by Crippen LogP contribution is -2.54. The van der Waals surface area contributed by atoms with Gasteiger partial charge in [0.25, 0.3) is 0 Å². The molecule has 0 spiro atoms. The highest BCUT2D eigenvalue weighted by molar-refractivity contribution is 5.73. The van der Waals surface area contributed by atoms with E-state index in [4.69, 9.17) is 5.11 Å². The Morgan fingerprint density at radius 3 is 1.90 bits per heavy atom. The monoisotopic (exact) mass is 327 g/mol. The van der Waals surface area contributed by atoms with E-state index in [0.29, 0.717) is 0 Å². The molecule has 0 saturated heterocycles. The van der Waals surface area contributed by atoms with Crippen LogP contribution in [0.1, 0.15) is 26.2 Å². The number of hydrogen-bond acceptors (Lipinski definition) is 2. The lowest BCUT2D eigenvalue weighted by Gasteiger charge is -2.31. The molecule has 0 rings (SSSR count). The second kappa shape index (κ2) is 6.48. The van der Waals surface area contributed by atoms with Gasteiger partial charge in [0.2, 0.25) is 5.91 Å². The quantitative estimate of drug-likeness (QED) is 0.706. The van der Waals surface area contributed by atoms with Crippen LogP contribution in [0.15, 0.2) is 0 Å². The van der Waals surface area contributed by atoms with Gasteiger partial charge in [-0.05, 0) is 6.42 Å². The zero-order valence-corrected chi connectivity index (χ0v) is 10.6. The van der Waals surface area contributed by atoms with Gasteiger partial charge in [0.1, 0.15) is 0 Å². The molecule has 11 heteroatoms. The zero-order valence-electron chi connectivity index (χ0n) is 10.6. The lowest BCUT2D eigenvalue weighted by atomic mass is 9.98. The van der Waals surface area contributed by atoms with E-state index in [1.807, 2.05) is 0 Å². The lowest BCUT2D eigenvalue weighted by molar-refractivity contribution is -0.356. The average Bonchev–Trinajstić information content (AvgIpc) is 2.22. The molecule has 0 fully saturated rings. The summed E-state index contributed by atoms with van der Waals surface area (Å²) in [5, 5.41) is 10.1. The molecule has 0 aliphatic carbocycles. The maximum absolute atomic E-state index is 13.2. The van der Waals surface area contributed by atoms with E-state index in [-0.39, 0.29) is 0 Å². The van der Waals surface area contributed by atoms with Gasteiger partial charge in [-0.15, -0.1) is 0 Å². The zero-order chi connectivity index (χ0) is 17.1. The number of carbonyl (C=O) groups excluding carboxylic acids is 1. The molecule has 0 saturated carbocycles. The number of carboxylic acid groups (broad SMARTS) is 1. The van der Waals surface area contributed by atoms with Gasteiger partial charge in [-0.25, -0.2) is 0 Å². The summed E-state index contributed by atoms with van der Waals surface area (Å²) in [6, 6.07) is -1.83. The van der Waals surface area contributed by atoms with Crippen molar-refractivity contribution in [2.75, 3.05) is 0 Å². The van der Waals surface area contributed by atoms with E-state index in [1.54, 1.807) is 5.32 Å². The fraction of sp³-hybridized carbons (Fsp3) is 0.800. The largest absolute Gasteiger partial charge is 0.481 e. The number of alkyl halides is 7. The Balaban J connectivity index is 5.11. The molecule has 0 aliphatic heterocycles. The number of aliphatic carboxylic acids is 1. The van der Waals surface area contributed by atoms with Crippen molar-refractivity contribution in [2.45, 2.75) is 50.2 Å². The van der Waals surface area contributed by atoms with Gasteiger partial charge < -0.3 is 10.4 Å². The second-order valence-corrected chi connectivity index (χ2v) is 4.31.